The van der Waals surface area contributed by atoms with Gasteiger partial charge in [0.25, 0.3) is 0 Å². The van der Waals surface area contributed by atoms with Crippen LogP contribution in [0.2, 0.25) is 0 Å². The van der Waals surface area contributed by atoms with Gasteiger partial charge < -0.3 is 29.2 Å². The number of aliphatic imine (C=N–C) groups is 1. The van der Waals surface area contributed by atoms with E-state index in [0.717, 1.165) is 82.4 Å². The highest BCUT2D eigenvalue weighted by molar-refractivity contribution is 5.79. The smallest absolute Gasteiger partial charge is 0.193 e. The molecule has 2 aliphatic heterocycles. The molecule has 2 aliphatic rings. The maximum atomic E-state index is 6.09. The van der Waals surface area contributed by atoms with E-state index >= 15 is 0 Å². The molecule has 0 spiro atoms. The van der Waals surface area contributed by atoms with E-state index < -0.39 is 0 Å². The number of likely N-dealkylation sites (tertiary alicyclic amines) is 1. The molecule has 2 heterocycles. The summed E-state index contributed by atoms with van der Waals surface area (Å²) in [5.41, 5.74) is 1.25. The van der Waals surface area contributed by atoms with E-state index in [1.54, 1.807) is 7.11 Å². The minimum absolute atomic E-state index is 0.308. The molecule has 3 rings (SSSR count). The minimum atomic E-state index is 0.308. The number of nitrogens with zero attached hydrogens (tertiary/aromatic N) is 2. The van der Waals surface area contributed by atoms with Crippen LogP contribution in [0.25, 0.3) is 0 Å². The second kappa shape index (κ2) is 12.8. The van der Waals surface area contributed by atoms with Crippen molar-refractivity contribution in [1.82, 2.24) is 10.2 Å². The molecule has 0 bridgehead atoms. The second-order valence-electron chi connectivity index (χ2n) is 8.15. The van der Waals surface area contributed by atoms with Gasteiger partial charge in [-0.25, -0.2) is 0 Å². The predicted molar refractivity (Wildman–Crippen MR) is 123 cm³/mol. The quantitative estimate of drug-likeness (QED) is 0.347. The van der Waals surface area contributed by atoms with E-state index in [9.17, 15) is 0 Å². The molecule has 1 aromatic carbocycles. The molecule has 7 nitrogen and oxygen atoms in total. The fourth-order valence-corrected chi connectivity index (χ4v) is 4.22. The van der Waals surface area contributed by atoms with Crippen molar-refractivity contribution >= 4 is 5.96 Å². The molecule has 0 aliphatic carbocycles. The Hall–Kier alpha value is -1.99. The molecule has 7 heteroatoms. The number of guanidine groups is 1. The molecule has 2 fully saturated rings. The lowest BCUT2D eigenvalue weighted by Crippen LogP contribution is -2.47. The Balaban J connectivity index is 1.35. The Morgan fingerprint density at radius 3 is 2.74 bits per heavy atom. The van der Waals surface area contributed by atoms with Crippen LogP contribution in [0.5, 0.6) is 11.5 Å². The van der Waals surface area contributed by atoms with Crippen LogP contribution < -0.4 is 14.8 Å². The number of hydrogen-bond donors (Lipinski definition) is 1. The van der Waals surface area contributed by atoms with Crippen molar-refractivity contribution in [3.05, 3.63) is 23.8 Å². The molecular weight excluding hydrogens is 394 g/mol. The SMILES string of the molecule is CCOc1cc(CCCNC(=NC)N2CCC(OCC3CCCO3)CC2)ccc1OC. The Bertz CT molecular complexity index is 683. The summed E-state index contributed by atoms with van der Waals surface area (Å²) in [6.45, 7) is 7.10. The van der Waals surface area contributed by atoms with E-state index in [1.807, 2.05) is 20.0 Å². The highest BCUT2D eigenvalue weighted by Crippen LogP contribution is 2.28. The average Bonchev–Trinajstić information content (AvgIpc) is 3.32. The van der Waals surface area contributed by atoms with Crippen LogP contribution in [-0.2, 0) is 15.9 Å². The molecule has 31 heavy (non-hydrogen) atoms. The van der Waals surface area contributed by atoms with Gasteiger partial charge in [0.15, 0.2) is 17.5 Å². The normalized spacial score (nSPS) is 20.2. The number of aryl methyl sites for hydroxylation is 1. The lowest BCUT2D eigenvalue weighted by molar-refractivity contribution is -0.0367. The first-order chi connectivity index (χ1) is 15.2. The number of piperidine rings is 1. The Morgan fingerprint density at radius 2 is 2.06 bits per heavy atom. The summed E-state index contributed by atoms with van der Waals surface area (Å²) in [5, 5.41) is 3.52. The zero-order chi connectivity index (χ0) is 21.9. The molecular formula is C24H39N3O4. The first-order valence-corrected chi connectivity index (χ1v) is 11.7. The number of nitrogens with one attached hydrogen (secondary N) is 1. The molecule has 0 amide bonds. The number of ether oxygens (including phenoxy) is 4. The maximum Gasteiger partial charge on any atom is 0.193 e. The Kier molecular flexibility index (Phi) is 9.75. The third-order valence-electron chi connectivity index (χ3n) is 5.95. The topological polar surface area (TPSA) is 64.6 Å². The fourth-order valence-electron chi connectivity index (χ4n) is 4.22. The lowest BCUT2D eigenvalue weighted by atomic mass is 10.1. The van der Waals surface area contributed by atoms with Crippen molar-refractivity contribution in [3.63, 3.8) is 0 Å². The van der Waals surface area contributed by atoms with Crippen molar-refractivity contribution in [1.29, 1.82) is 0 Å². The molecule has 1 N–H and O–H groups in total. The van der Waals surface area contributed by atoms with Crippen molar-refractivity contribution in [3.8, 4) is 11.5 Å². The van der Waals surface area contributed by atoms with Gasteiger partial charge in [-0.2, -0.15) is 0 Å². The predicted octanol–water partition coefficient (Wildman–Crippen LogP) is 3.26. The van der Waals surface area contributed by atoms with Crippen LogP contribution in [0.1, 0.15) is 44.6 Å². The molecule has 1 atom stereocenters. The van der Waals surface area contributed by atoms with E-state index in [4.69, 9.17) is 18.9 Å². The maximum absolute atomic E-state index is 6.09. The molecule has 1 aromatic rings. The monoisotopic (exact) mass is 433 g/mol. The van der Waals surface area contributed by atoms with Gasteiger partial charge in [-0.3, -0.25) is 4.99 Å². The fraction of sp³-hybridized carbons (Fsp3) is 0.708. The summed E-state index contributed by atoms with van der Waals surface area (Å²) in [6.07, 6.45) is 7.04. The van der Waals surface area contributed by atoms with Crippen LogP contribution in [-0.4, -0.2) is 76.7 Å². The summed E-state index contributed by atoms with van der Waals surface area (Å²) >= 11 is 0. The zero-order valence-electron chi connectivity index (χ0n) is 19.4. The number of rotatable bonds is 10. The number of benzene rings is 1. The van der Waals surface area contributed by atoms with Crippen LogP contribution >= 0.6 is 0 Å². The highest BCUT2D eigenvalue weighted by atomic mass is 16.5. The van der Waals surface area contributed by atoms with E-state index in [1.165, 1.54) is 12.0 Å². The Morgan fingerprint density at radius 1 is 1.23 bits per heavy atom. The van der Waals surface area contributed by atoms with Gasteiger partial charge in [0.1, 0.15) is 0 Å². The van der Waals surface area contributed by atoms with Gasteiger partial charge >= 0.3 is 0 Å². The van der Waals surface area contributed by atoms with E-state index in [-0.39, 0.29) is 0 Å². The van der Waals surface area contributed by atoms with Gasteiger partial charge in [0, 0.05) is 33.3 Å². The van der Waals surface area contributed by atoms with Gasteiger partial charge in [-0.15, -0.1) is 0 Å². The summed E-state index contributed by atoms with van der Waals surface area (Å²) < 4.78 is 22.8. The first kappa shape index (κ1) is 23.7. The van der Waals surface area contributed by atoms with Crippen molar-refractivity contribution in [2.45, 2.75) is 57.7 Å². The van der Waals surface area contributed by atoms with Crippen molar-refractivity contribution in [2.75, 3.05) is 53.6 Å². The third kappa shape index (κ3) is 7.28. The third-order valence-corrected chi connectivity index (χ3v) is 5.95. The van der Waals surface area contributed by atoms with E-state index in [0.29, 0.717) is 18.8 Å². The summed E-state index contributed by atoms with van der Waals surface area (Å²) in [7, 11) is 3.53. The molecule has 2 saturated heterocycles. The summed E-state index contributed by atoms with van der Waals surface area (Å²) in [6, 6.07) is 6.17. The Labute approximate surface area is 187 Å². The van der Waals surface area contributed by atoms with Crippen LogP contribution in [0.4, 0.5) is 0 Å². The number of methoxy groups -OCH3 is 1. The van der Waals surface area contributed by atoms with Gasteiger partial charge in [0.2, 0.25) is 0 Å². The van der Waals surface area contributed by atoms with Crippen LogP contribution in [0.15, 0.2) is 23.2 Å². The average molecular weight is 434 g/mol. The number of hydrogen-bond acceptors (Lipinski definition) is 5. The van der Waals surface area contributed by atoms with Crippen LogP contribution in [0, 0.1) is 0 Å². The van der Waals surface area contributed by atoms with Crippen LogP contribution in [0.3, 0.4) is 0 Å². The summed E-state index contributed by atoms with van der Waals surface area (Å²) in [4.78, 5) is 6.83. The molecule has 0 saturated carbocycles. The second-order valence-corrected chi connectivity index (χ2v) is 8.15. The molecule has 174 valence electrons. The summed E-state index contributed by atoms with van der Waals surface area (Å²) in [5.74, 6) is 2.59. The molecule has 0 radical (unpaired) electrons. The van der Waals surface area contributed by atoms with Crippen molar-refractivity contribution < 1.29 is 18.9 Å². The lowest BCUT2D eigenvalue weighted by Gasteiger charge is -2.34. The highest BCUT2D eigenvalue weighted by Gasteiger charge is 2.24. The van der Waals surface area contributed by atoms with Gasteiger partial charge in [-0.05, 0) is 63.1 Å². The molecule has 1 unspecified atom stereocenters. The first-order valence-electron chi connectivity index (χ1n) is 11.7. The van der Waals surface area contributed by atoms with Crippen molar-refractivity contribution in [2.24, 2.45) is 4.99 Å². The van der Waals surface area contributed by atoms with Gasteiger partial charge in [0.05, 0.1) is 32.5 Å². The largest absolute Gasteiger partial charge is 0.493 e. The minimum Gasteiger partial charge on any atom is -0.493 e. The van der Waals surface area contributed by atoms with E-state index in [2.05, 4.69) is 27.3 Å². The zero-order valence-corrected chi connectivity index (χ0v) is 19.4. The van der Waals surface area contributed by atoms with Gasteiger partial charge in [-0.1, -0.05) is 6.07 Å². The standard InChI is InChI=1S/C24H39N3O4/c1-4-29-23-17-19(9-10-22(23)28-3)7-5-13-26-24(25-2)27-14-11-20(12-15-27)31-18-21-8-6-16-30-21/h9-10,17,20-21H,4-8,11-16,18H2,1-3H3,(H,25,26). The molecule has 0 aromatic heterocycles.